The average molecular weight is 285 g/mol. The minimum atomic E-state index is -0.544. The monoisotopic (exact) mass is 285 g/mol. The number of benzene rings is 1. The van der Waals surface area contributed by atoms with E-state index in [1.54, 1.807) is 0 Å². The quantitative estimate of drug-likeness (QED) is 0.938. The summed E-state index contributed by atoms with van der Waals surface area (Å²) in [5.74, 6) is 1.05. The first-order valence-electron chi connectivity index (χ1n) is 7.65. The smallest absolute Gasteiger partial charge is 0.108 e. The van der Waals surface area contributed by atoms with Crippen LogP contribution in [-0.4, -0.2) is 33.3 Å². The van der Waals surface area contributed by atoms with Crippen molar-refractivity contribution in [3.8, 4) is 0 Å². The summed E-state index contributed by atoms with van der Waals surface area (Å²) in [7, 11) is 2.00. The van der Waals surface area contributed by atoms with Gasteiger partial charge in [-0.1, -0.05) is 18.2 Å². The van der Waals surface area contributed by atoms with Crippen LogP contribution in [0.3, 0.4) is 0 Å². The molecule has 1 aliphatic heterocycles. The maximum atomic E-state index is 10.8. The molecule has 0 radical (unpaired) electrons. The van der Waals surface area contributed by atoms with E-state index < -0.39 is 5.60 Å². The van der Waals surface area contributed by atoms with Crippen molar-refractivity contribution < 1.29 is 5.11 Å². The van der Waals surface area contributed by atoms with Crippen LogP contribution in [0.25, 0.3) is 0 Å². The van der Waals surface area contributed by atoms with Crippen molar-refractivity contribution in [2.24, 2.45) is 7.05 Å². The third-order valence-corrected chi connectivity index (χ3v) is 4.55. The van der Waals surface area contributed by atoms with E-state index >= 15 is 0 Å². The lowest BCUT2D eigenvalue weighted by atomic mass is 9.86. The van der Waals surface area contributed by atoms with E-state index in [1.165, 1.54) is 5.69 Å². The zero-order chi connectivity index (χ0) is 14.7. The zero-order valence-electron chi connectivity index (χ0n) is 12.6. The molecule has 1 saturated heterocycles. The molecule has 1 N–H and O–H groups in total. The first-order chi connectivity index (χ1) is 10.2. The Bertz CT molecular complexity index is 571. The number of hydrogen-bond acceptors (Lipinski definition) is 3. The minimum Gasteiger partial charge on any atom is -0.390 e. The van der Waals surface area contributed by atoms with E-state index in [0.29, 0.717) is 0 Å². The third kappa shape index (κ3) is 3.27. The van der Waals surface area contributed by atoms with Gasteiger partial charge in [0.05, 0.1) is 5.60 Å². The molecule has 0 saturated carbocycles. The van der Waals surface area contributed by atoms with Crippen molar-refractivity contribution in [3.63, 3.8) is 0 Å². The van der Waals surface area contributed by atoms with Crippen molar-refractivity contribution in [3.05, 3.63) is 48.5 Å². The third-order valence-electron chi connectivity index (χ3n) is 4.55. The molecule has 0 unspecified atom stereocenters. The summed E-state index contributed by atoms with van der Waals surface area (Å²) in [6.45, 7) is 1.84. The number of aliphatic hydroxyl groups is 1. The highest BCUT2D eigenvalue weighted by molar-refractivity contribution is 5.46. The molecular weight excluding hydrogens is 262 g/mol. The standard InChI is InChI=1S/C17H23N3O/c1-19-14-11-18-16(19)7-8-17(21)9-12-20(13-10-17)15-5-3-2-4-6-15/h2-6,11,14,21H,7-10,12-13H2,1H3. The fraction of sp³-hybridized carbons (Fsp3) is 0.471. The van der Waals surface area contributed by atoms with Crippen LogP contribution in [0.15, 0.2) is 42.7 Å². The van der Waals surface area contributed by atoms with Gasteiger partial charge in [-0.25, -0.2) is 4.98 Å². The summed E-state index contributed by atoms with van der Waals surface area (Å²) in [6.07, 6.45) is 7.05. The molecule has 1 fully saturated rings. The number of aryl methyl sites for hydroxylation is 2. The van der Waals surface area contributed by atoms with Crippen molar-refractivity contribution in [1.29, 1.82) is 0 Å². The topological polar surface area (TPSA) is 41.3 Å². The van der Waals surface area contributed by atoms with Gasteiger partial charge in [-0.2, -0.15) is 0 Å². The van der Waals surface area contributed by atoms with Crippen LogP contribution < -0.4 is 4.90 Å². The number of imidazole rings is 1. The second-order valence-corrected chi connectivity index (χ2v) is 6.00. The highest BCUT2D eigenvalue weighted by atomic mass is 16.3. The Balaban J connectivity index is 1.56. The first-order valence-corrected chi connectivity index (χ1v) is 7.65. The van der Waals surface area contributed by atoms with Gasteiger partial charge in [0.15, 0.2) is 0 Å². The predicted molar refractivity (Wildman–Crippen MR) is 84.4 cm³/mol. The van der Waals surface area contributed by atoms with Gasteiger partial charge in [-0.3, -0.25) is 0 Å². The summed E-state index contributed by atoms with van der Waals surface area (Å²) in [4.78, 5) is 6.69. The van der Waals surface area contributed by atoms with Crippen molar-refractivity contribution in [2.45, 2.75) is 31.3 Å². The summed E-state index contributed by atoms with van der Waals surface area (Å²) in [5, 5.41) is 10.8. The molecule has 1 aromatic heterocycles. The number of aromatic nitrogens is 2. The second-order valence-electron chi connectivity index (χ2n) is 6.00. The Morgan fingerprint density at radius 3 is 2.52 bits per heavy atom. The molecule has 0 atom stereocenters. The lowest BCUT2D eigenvalue weighted by Gasteiger charge is -2.39. The number of nitrogens with zero attached hydrogens (tertiary/aromatic N) is 3. The van der Waals surface area contributed by atoms with E-state index in [1.807, 2.05) is 30.1 Å². The van der Waals surface area contributed by atoms with Gasteiger partial charge in [0.25, 0.3) is 0 Å². The zero-order valence-corrected chi connectivity index (χ0v) is 12.6. The van der Waals surface area contributed by atoms with Gasteiger partial charge in [0.2, 0.25) is 0 Å². The van der Waals surface area contributed by atoms with Crippen LogP contribution >= 0.6 is 0 Å². The molecule has 0 aliphatic carbocycles. The second kappa shape index (κ2) is 5.90. The van der Waals surface area contributed by atoms with Gasteiger partial charge >= 0.3 is 0 Å². The van der Waals surface area contributed by atoms with Crippen LogP contribution in [0, 0.1) is 0 Å². The lowest BCUT2D eigenvalue weighted by molar-refractivity contribution is 0.00774. The molecule has 1 aromatic carbocycles. The van der Waals surface area contributed by atoms with Crippen LogP contribution in [0.5, 0.6) is 0 Å². The summed E-state index contributed by atoms with van der Waals surface area (Å²) < 4.78 is 2.03. The molecule has 4 heteroatoms. The number of anilines is 1. The van der Waals surface area contributed by atoms with Gasteiger partial charge < -0.3 is 14.6 Å². The highest BCUT2D eigenvalue weighted by Gasteiger charge is 2.32. The van der Waals surface area contributed by atoms with E-state index in [2.05, 4.69) is 34.1 Å². The fourth-order valence-corrected chi connectivity index (χ4v) is 3.05. The average Bonchev–Trinajstić information content (AvgIpc) is 2.92. The molecule has 1 aliphatic rings. The SMILES string of the molecule is Cn1ccnc1CCC1(O)CCN(c2ccccc2)CC1. The lowest BCUT2D eigenvalue weighted by Crippen LogP contribution is -2.44. The van der Waals surface area contributed by atoms with Gasteiger partial charge in [0, 0.05) is 44.6 Å². The number of para-hydroxylation sites is 1. The number of rotatable bonds is 4. The maximum Gasteiger partial charge on any atom is 0.108 e. The molecule has 21 heavy (non-hydrogen) atoms. The van der Waals surface area contributed by atoms with Crippen molar-refractivity contribution in [1.82, 2.24) is 9.55 Å². The summed E-state index contributed by atoms with van der Waals surface area (Å²) in [6, 6.07) is 10.4. The van der Waals surface area contributed by atoms with Gasteiger partial charge in [-0.15, -0.1) is 0 Å². The van der Waals surface area contributed by atoms with E-state index in [9.17, 15) is 5.11 Å². The minimum absolute atomic E-state index is 0.544. The fourth-order valence-electron chi connectivity index (χ4n) is 3.05. The number of hydrogen-bond donors (Lipinski definition) is 1. The molecule has 0 spiro atoms. The Morgan fingerprint density at radius 1 is 1.19 bits per heavy atom. The van der Waals surface area contributed by atoms with Gasteiger partial charge in [-0.05, 0) is 31.4 Å². The van der Waals surface area contributed by atoms with Crippen LogP contribution in [0.4, 0.5) is 5.69 Å². The molecule has 2 heterocycles. The largest absolute Gasteiger partial charge is 0.390 e. The van der Waals surface area contributed by atoms with Gasteiger partial charge in [0.1, 0.15) is 5.82 Å². The van der Waals surface area contributed by atoms with E-state index in [-0.39, 0.29) is 0 Å². The molecule has 3 rings (SSSR count). The van der Waals surface area contributed by atoms with Crippen LogP contribution in [0.2, 0.25) is 0 Å². The maximum absolute atomic E-state index is 10.8. The molecule has 112 valence electrons. The first kappa shape index (κ1) is 14.1. The van der Waals surface area contributed by atoms with Crippen molar-refractivity contribution in [2.75, 3.05) is 18.0 Å². The van der Waals surface area contributed by atoms with Crippen LogP contribution in [0.1, 0.15) is 25.1 Å². The van der Waals surface area contributed by atoms with Crippen LogP contribution in [-0.2, 0) is 13.5 Å². The molecule has 2 aromatic rings. The van der Waals surface area contributed by atoms with Crippen molar-refractivity contribution >= 4 is 5.69 Å². The molecule has 0 bridgehead atoms. The molecule has 0 amide bonds. The van der Waals surface area contributed by atoms with E-state index in [0.717, 1.165) is 44.6 Å². The Labute approximate surface area is 126 Å². The molecule has 4 nitrogen and oxygen atoms in total. The Hall–Kier alpha value is -1.81. The Morgan fingerprint density at radius 2 is 1.90 bits per heavy atom. The Kier molecular flexibility index (Phi) is 3.97. The predicted octanol–water partition coefficient (Wildman–Crippen LogP) is 2.38. The number of piperidine rings is 1. The summed E-state index contributed by atoms with van der Waals surface area (Å²) >= 11 is 0. The van der Waals surface area contributed by atoms with E-state index in [4.69, 9.17) is 0 Å². The normalized spacial score (nSPS) is 17.9. The molecular formula is C17H23N3O. The summed E-state index contributed by atoms with van der Waals surface area (Å²) in [5.41, 5.74) is 0.709. The highest BCUT2D eigenvalue weighted by Crippen LogP contribution is 2.29.